The van der Waals surface area contributed by atoms with Gasteiger partial charge in [-0.1, -0.05) is 25.1 Å². The highest BCUT2D eigenvalue weighted by Crippen LogP contribution is 2.12. The summed E-state index contributed by atoms with van der Waals surface area (Å²) in [6, 6.07) is 7.34. The van der Waals surface area contributed by atoms with Crippen LogP contribution in [0.5, 0.6) is 5.75 Å². The van der Waals surface area contributed by atoms with Crippen LogP contribution < -0.4 is 15.8 Å². The van der Waals surface area contributed by atoms with Crippen LogP contribution in [-0.4, -0.2) is 35.0 Å². The monoisotopic (exact) mass is 294 g/mol. The molecule has 0 aromatic heterocycles. The Hall–Kier alpha value is -2.57. The lowest BCUT2D eigenvalue weighted by Gasteiger charge is -2.20. The molecule has 2 amide bonds. The second kappa shape index (κ2) is 7.88. The summed E-state index contributed by atoms with van der Waals surface area (Å²) >= 11 is 0. The average Bonchev–Trinajstić information content (AvgIpc) is 2.44. The number of hydrogen-bond acceptors (Lipinski definition) is 4. The van der Waals surface area contributed by atoms with E-state index in [2.05, 4.69) is 5.32 Å². The van der Waals surface area contributed by atoms with Gasteiger partial charge in [0.05, 0.1) is 6.42 Å². The molecule has 0 bridgehead atoms. The maximum Gasteiger partial charge on any atom is 0.326 e. The van der Waals surface area contributed by atoms with Gasteiger partial charge < -0.3 is 20.9 Å². The van der Waals surface area contributed by atoms with Crippen LogP contribution in [0, 0.1) is 0 Å². The largest absolute Gasteiger partial charge is 0.481 e. The lowest BCUT2D eigenvalue weighted by Crippen LogP contribution is -2.48. The minimum atomic E-state index is -1.36. The molecule has 0 saturated carbocycles. The summed E-state index contributed by atoms with van der Waals surface area (Å²) in [6.07, 6.45) is -0.964. The van der Waals surface area contributed by atoms with Crippen LogP contribution in [0.2, 0.25) is 0 Å². The van der Waals surface area contributed by atoms with E-state index in [-0.39, 0.29) is 0 Å². The Kier molecular flexibility index (Phi) is 6.19. The first kappa shape index (κ1) is 16.5. The van der Waals surface area contributed by atoms with E-state index in [1.54, 1.807) is 37.3 Å². The molecule has 1 aromatic rings. The SMILES string of the molecule is CCC(Oc1ccccc1)C(=O)N[C@@H](CC(N)=O)C(=O)O. The Morgan fingerprint density at radius 2 is 1.90 bits per heavy atom. The third kappa shape index (κ3) is 5.52. The molecule has 0 saturated heterocycles. The van der Waals surface area contributed by atoms with E-state index in [4.69, 9.17) is 15.6 Å². The highest BCUT2D eigenvalue weighted by atomic mass is 16.5. The van der Waals surface area contributed by atoms with Crippen molar-refractivity contribution in [3.63, 3.8) is 0 Å². The van der Waals surface area contributed by atoms with E-state index < -0.39 is 36.4 Å². The van der Waals surface area contributed by atoms with Crippen molar-refractivity contribution in [2.24, 2.45) is 5.73 Å². The fourth-order valence-corrected chi connectivity index (χ4v) is 1.65. The minimum Gasteiger partial charge on any atom is -0.481 e. The van der Waals surface area contributed by atoms with Crippen LogP contribution in [0.1, 0.15) is 19.8 Å². The number of nitrogens with one attached hydrogen (secondary N) is 1. The average molecular weight is 294 g/mol. The number of ether oxygens (including phenoxy) is 1. The van der Waals surface area contributed by atoms with E-state index in [0.717, 1.165) is 0 Å². The summed E-state index contributed by atoms with van der Waals surface area (Å²) in [4.78, 5) is 33.8. The third-order valence-corrected chi connectivity index (χ3v) is 2.70. The molecule has 0 spiro atoms. The molecule has 4 N–H and O–H groups in total. The number of carbonyl (C=O) groups excluding carboxylic acids is 2. The Labute approximate surface area is 122 Å². The summed E-state index contributed by atoms with van der Waals surface area (Å²) in [5.41, 5.74) is 4.95. The molecule has 1 aromatic carbocycles. The predicted molar refractivity (Wildman–Crippen MR) is 74.5 cm³/mol. The second-order valence-electron chi connectivity index (χ2n) is 4.40. The lowest BCUT2D eigenvalue weighted by atomic mass is 10.1. The Morgan fingerprint density at radius 1 is 1.29 bits per heavy atom. The summed E-state index contributed by atoms with van der Waals surface area (Å²) in [7, 11) is 0. The quantitative estimate of drug-likeness (QED) is 0.636. The van der Waals surface area contributed by atoms with Gasteiger partial charge in [-0.3, -0.25) is 9.59 Å². The normalized spacial score (nSPS) is 13.0. The first-order valence-electron chi connectivity index (χ1n) is 6.47. The number of aliphatic carboxylic acids is 1. The molecule has 0 aliphatic carbocycles. The van der Waals surface area contributed by atoms with Gasteiger partial charge in [-0.2, -0.15) is 0 Å². The zero-order chi connectivity index (χ0) is 15.8. The first-order chi connectivity index (χ1) is 9.93. The molecule has 7 nitrogen and oxygen atoms in total. The molecular weight excluding hydrogens is 276 g/mol. The van der Waals surface area contributed by atoms with Gasteiger partial charge in [-0.05, 0) is 18.6 Å². The first-order valence-corrected chi connectivity index (χ1v) is 6.47. The lowest BCUT2D eigenvalue weighted by molar-refractivity contribution is -0.144. The third-order valence-electron chi connectivity index (χ3n) is 2.70. The maximum atomic E-state index is 12.0. The van der Waals surface area contributed by atoms with Crippen LogP contribution in [0.25, 0.3) is 0 Å². The number of para-hydroxylation sites is 1. The highest BCUT2D eigenvalue weighted by molar-refractivity contribution is 5.89. The Bertz CT molecular complexity index is 503. The van der Waals surface area contributed by atoms with E-state index in [1.165, 1.54) is 0 Å². The zero-order valence-corrected chi connectivity index (χ0v) is 11.6. The van der Waals surface area contributed by atoms with Gasteiger partial charge in [0.25, 0.3) is 5.91 Å². The summed E-state index contributed by atoms with van der Waals surface area (Å²) < 4.78 is 5.49. The molecule has 0 radical (unpaired) electrons. The number of carbonyl (C=O) groups is 3. The minimum absolute atomic E-state index is 0.351. The van der Waals surface area contributed by atoms with Crippen LogP contribution in [0.3, 0.4) is 0 Å². The van der Waals surface area contributed by atoms with E-state index in [1.807, 2.05) is 0 Å². The van der Waals surface area contributed by atoms with E-state index in [0.29, 0.717) is 12.2 Å². The van der Waals surface area contributed by atoms with Crippen molar-refractivity contribution in [2.45, 2.75) is 31.9 Å². The van der Waals surface area contributed by atoms with Crippen LogP contribution in [0.4, 0.5) is 0 Å². The van der Waals surface area contributed by atoms with Crippen molar-refractivity contribution in [2.75, 3.05) is 0 Å². The maximum absolute atomic E-state index is 12.0. The zero-order valence-electron chi connectivity index (χ0n) is 11.6. The number of benzene rings is 1. The Balaban J connectivity index is 2.69. The van der Waals surface area contributed by atoms with E-state index in [9.17, 15) is 14.4 Å². The molecule has 0 aliphatic rings. The number of carboxylic acids is 1. The standard InChI is InChI=1S/C14H18N2O5/c1-2-11(21-9-6-4-3-5-7-9)13(18)16-10(14(19)20)8-12(15)17/h3-7,10-11H,2,8H2,1H3,(H2,15,17)(H,16,18)(H,19,20)/t10-,11?/m0/s1. The Morgan fingerprint density at radius 3 is 2.38 bits per heavy atom. The number of rotatable bonds is 8. The summed E-state index contributed by atoms with van der Waals surface area (Å²) in [5, 5.41) is 11.2. The number of nitrogens with two attached hydrogens (primary N) is 1. The number of carboxylic acid groups (broad SMARTS) is 1. The van der Waals surface area contributed by atoms with Gasteiger partial charge >= 0.3 is 5.97 Å². The smallest absolute Gasteiger partial charge is 0.326 e. The van der Waals surface area contributed by atoms with E-state index >= 15 is 0 Å². The molecule has 7 heteroatoms. The molecule has 1 unspecified atom stereocenters. The van der Waals surface area contributed by atoms with Gasteiger partial charge in [0.2, 0.25) is 5.91 Å². The molecular formula is C14H18N2O5. The summed E-state index contributed by atoms with van der Waals surface area (Å²) in [6.45, 7) is 1.73. The number of amides is 2. The van der Waals surface area contributed by atoms with Crippen molar-refractivity contribution in [1.82, 2.24) is 5.32 Å². The highest BCUT2D eigenvalue weighted by Gasteiger charge is 2.26. The molecule has 2 atom stereocenters. The molecule has 0 fully saturated rings. The molecule has 0 aliphatic heterocycles. The predicted octanol–water partition coefficient (Wildman–Crippen LogP) is 0.289. The van der Waals surface area contributed by atoms with Crippen LogP contribution in [0.15, 0.2) is 30.3 Å². The fraction of sp³-hybridized carbons (Fsp3) is 0.357. The molecule has 114 valence electrons. The topological polar surface area (TPSA) is 119 Å². The van der Waals surface area contributed by atoms with Crippen LogP contribution in [-0.2, 0) is 14.4 Å². The second-order valence-corrected chi connectivity index (χ2v) is 4.40. The summed E-state index contributed by atoms with van der Waals surface area (Å²) in [5.74, 6) is -2.23. The van der Waals surface area contributed by atoms with Gasteiger partial charge in [0.15, 0.2) is 6.10 Å². The molecule has 0 heterocycles. The van der Waals surface area contributed by atoms with Crippen molar-refractivity contribution >= 4 is 17.8 Å². The van der Waals surface area contributed by atoms with Gasteiger partial charge in [0, 0.05) is 0 Å². The van der Waals surface area contributed by atoms with Crippen molar-refractivity contribution in [3.05, 3.63) is 30.3 Å². The molecule has 21 heavy (non-hydrogen) atoms. The number of hydrogen-bond donors (Lipinski definition) is 3. The van der Waals surface area contributed by atoms with Gasteiger partial charge in [0.1, 0.15) is 11.8 Å². The van der Waals surface area contributed by atoms with Gasteiger partial charge in [-0.25, -0.2) is 4.79 Å². The molecule has 1 rings (SSSR count). The number of primary amides is 1. The van der Waals surface area contributed by atoms with Crippen LogP contribution >= 0.6 is 0 Å². The van der Waals surface area contributed by atoms with Crippen molar-refractivity contribution < 1.29 is 24.2 Å². The van der Waals surface area contributed by atoms with Crippen molar-refractivity contribution in [1.29, 1.82) is 0 Å². The van der Waals surface area contributed by atoms with Gasteiger partial charge in [-0.15, -0.1) is 0 Å². The fourth-order valence-electron chi connectivity index (χ4n) is 1.65. The van der Waals surface area contributed by atoms with Crippen molar-refractivity contribution in [3.8, 4) is 5.75 Å².